The van der Waals surface area contributed by atoms with Gasteiger partial charge in [0, 0.05) is 23.2 Å². The summed E-state index contributed by atoms with van der Waals surface area (Å²) in [7, 11) is 0. The van der Waals surface area contributed by atoms with Crippen LogP contribution in [0.2, 0.25) is 0 Å². The van der Waals surface area contributed by atoms with Gasteiger partial charge in [0.15, 0.2) is 0 Å². The van der Waals surface area contributed by atoms with Crippen LogP contribution in [0.5, 0.6) is 0 Å². The Morgan fingerprint density at radius 1 is 1.17 bits per heavy atom. The number of fused-ring (bicyclic) bond motifs is 1. The van der Waals surface area contributed by atoms with Crippen LogP contribution >= 0.6 is 0 Å². The lowest BCUT2D eigenvalue weighted by atomic mass is 10.2. The van der Waals surface area contributed by atoms with Gasteiger partial charge in [-0.25, -0.2) is 9.18 Å². The average molecular weight is 324 g/mol. The zero-order valence-electron chi connectivity index (χ0n) is 13.1. The third-order valence-electron chi connectivity index (χ3n) is 3.79. The number of nitrogens with zero attached hydrogens (tertiary/aromatic N) is 1. The number of aryl methyl sites for hydroxylation is 1. The van der Waals surface area contributed by atoms with E-state index < -0.39 is 0 Å². The molecule has 0 fully saturated rings. The largest absolute Gasteiger partial charge is 0.377 e. The first-order valence-electron chi connectivity index (χ1n) is 7.77. The molecule has 4 nitrogen and oxygen atoms in total. The molecular formula is C19H17FN2O2. The Labute approximate surface area is 139 Å². The van der Waals surface area contributed by atoms with Crippen LogP contribution in [0.4, 0.5) is 10.1 Å². The molecule has 0 aliphatic carbocycles. The number of benzene rings is 2. The van der Waals surface area contributed by atoms with Crippen molar-refractivity contribution in [1.29, 1.82) is 0 Å². The lowest BCUT2D eigenvalue weighted by molar-refractivity contribution is 0.118. The number of ether oxygens (including phenoxy) is 1. The number of carbonyl (C=O) groups excluding carboxylic acids is 1. The number of nitrogens with one attached hydrogen (secondary N) is 1. The Bertz CT molecular complexity index is 868. The number of aromatic nitrogens is 1. The SMILES string of the molecule is O=C=Nc1c(CCCOCc2ccccc2)[nH]c2ccc(F)cc12. The number of isocyanates is 1. The lowest BCUT2D eigenvalue weighted by Gasteiger charge is -2.04. The second kappa shape index (κ2) is 7.68. The highest BCUT2D eigenvalue weighted by Crippen LogP contribution is 2.31. The van der Waals surface area contributed by atoms with Crippen molar-refractivity contribution in [2.24, 2.45) is 4.99 Å². The first kappa shape index (κ1) is 16.1. The summed E-state index contributed by atoms with van der Waals surface area (Å²) in [6.45, 7) is 1.15. The van der Waals surface area contributed by atoms with E-state index in [2.05, 4.69) is 9.98 Å². The molecule has 122 valence electrons. The smallest absolute Gasteiger partial charge is 0.240 e. The summed E-state index contributed by atoms with van der Waals surface area (Å²) in [6, 6.07) is 14.4. The number of aliphatic imine (C=N–C) groups is 1. The highest BCUT2D eigenvalue weighted by molar-refractivity contribution is 5.93. The molecule has 0 atom stereocenters. The maximum atomic E-state index is 13.4. The minimum Gasteiger partial charge on any atom is -0.377 e. The molecule has 0 saturated heterocycles. The Morgan fingerprint density at radius 2 is 2.00 bits per heavy atom. The molecule has 24 heavy (non-hydrogen) atoms. The Hall–Kier alpha value is -2.75. The fourth-order valence-corrected chi connectivity index (χ4v) is 2.68. The normalized spacial score (nSPS) is 10.7. The molecule has 1 heterocycles. The summed E-state index contributed by atoms with van der Waals surface area (Å²) in [5.74, 6) is -0.360. The first-order valence-corrected chi connectivity index (χ1v) is 7.77. The number of rotatable bonds is 7. The molecule has 0 bridgehead atoms. The van der Waals surface area contributed by atoms with Crippen molar-refractivity contribution in [2.75, 3.05) is 6.61 Å². The predicted molar refractivity (Wildman–Crippen MR) is 90.5 cm³/mol. The molecule has 0 unspecified atom stereocenters. The maximum absolute atomic E-state index is 13.4. The van der Waals surface area contributed by atoms with Crippen LogP contribution in [0, 0.1) is 5.82 Å². The topological polar surface area (TPSA) is 54.4 Å². The van der Waals surface area contributed by atoms with Crippen molar-refractivity contribution in [1.82, 2.24) is 4.98 Å². The van der Waals surface area contributed by atoms with E-state index in [1.807, 2.05) is 30.3 Å². The molecule has 0 spiro atoms. The van der Waals surface area contributed by atoms with E-state index in [1.165, 1.54) is 12.1 Å². The first-order chi connectivity index (χ1) is 11.8. The molecule has 0 aliphatic heterocycles. The molecule has 3 aromatic rings. The van der Waals surface area contributed by atoms with E-state index in [-0.39, 0.29) is 5.82 Å². The zero-order valence-corrected chi connectivity index (χ0v) is 13.1. The minimum atomic E-state index is -0.360. The molecule has 1 N–H and O–H groups in total. The van der Waals surface area contributed by atoms with Crippen molar-refractivity contribution >= 4 is 22.7 Å². The highest BCUT2D eigenvalue weighted by Gasteiger charge is 2.11. The van der Waals surface area contributed by atoms with E-state index in [9.17, 15) is 9.18 Å². The van der Waals surface area contributed by atoms with Gasteiger partial charge in [0.05, 0.1) is 6.61 Å². The summed E-state index contributed by atoms with van der Waals surface area (Å²) in [5, 5.41) is 0.596. The van der Waals surface area contributed by atoms with Gasteiger partial charge >= 0.3 is 0 Å². The van der Waals surface area contributed by atoms with E-state index in [0.717, 1.165) is 23.2 Å². The second-order valence-corrected chi connectivity index (χ2v) is 5.49. The van der Waals surface area contributed by atoms with Crippen LogP contribution < -0.4 is 0 Å². The van der Waals surface area contributed by atoms with Crippen LogP contribution in [-0.2, 0) is 22.6 Å². The van der Waals surface area contributed by atoms with E-state index in [0.29, 0.717) is 30.7 Å². The van der Waals surface area contributed by atoms with Gasteiger partial charge in [0.1, 0.15) is 11.5 Å². The van der Waals surface area contributed by atoms with Crippen molar-refractivity contribution in [2.45, 2.75) is 19.4 Å². The fraction of sp³-hybridized carbons (Fsp3) is 0.211. The van der Waals surface area contributed by atoms with Gasteiger partial charge in [0.2, 0.25) is 6.08 Å². The third-order valence-corrected chi connectivity index (χ3v) is 3.79. The summed E-state index contributed by atoms with van der Waals surface area (Å²) in [4.78, 5) is 17.6. The molecule has 0 radical (unpaired) electrons. The molecule has 0 amide bonds. The van der Waals surface area contributed by atoms with E-state index in [1.54, 1.807) is 12.1 Å². The molecule has 0 saturated carbocycles. The van der Waals surface area contributed by atoms with Crippen LogP contribution in [0.25, 0.3) is 10.9 Å². The molecule has 0 aliphatic rings. The molecule has 2 aromatic carbocycles. The van der Waals surface area contributed by atoms with Gasteiger partial charge in [-0.2, -0.15) is 4.99 Å². The molecular weight excluding hydrogens is 307 g/mol. The lowest BCUT2D eigenvalue weighted by Crippen LogP contribution is -1.97. The van der Waals surface area contributed by atoms with Crippen molar-refractivity contribution in [3.8, 4) is 0 Å². The second-order valence-electron chi connectivity index (χ2n) is 5.49. The Morgan fingerprint density at radius 3 is 2.79 bits per heavy atom. The van der Waals surface area contributed by atoms with Gasteiger partial charge in [-0.05, 0) is 36.6 Å². The van der Waals surface area contributed by atoms with Crippen LogP contribution in [0.3, 0.4) is 0 Å². The number of H-pyrrole nitrogens is 1. The summed E-state index contributed by atoms with van der Waals surface area (Å²) >= 11 is 0. The number of hydrogen-bond acceptors (Lipinski definition) is 3. The highest BCUT2D eigenvalue weighted by atomic mass is 19.1. The maximum Gasteiger partial charge on any atom is 0.240 e. The Kier molecular flexibility index (Phi) is 5.16. The summed E-state index contributed by atoms with van der Waals surface area (Å²) < 4.78 is 19.1. The van der Waals surface area contributed by atoms with Gasteiger partial charge in [-0.15, -0.1) is 0 Å². The number of aromatic amines is 1. The Balaban J connectivity index is 1.62. The average Bonchev–Trinajstić information content (AvgIpc) is 2.93. The van der Waals surface area contributed by atoms with Crippen molar-refractivity contribution in [3.05, 3.63) is 65.6 Å². The number of hydrogen-bond donors (Lipinski definition) is 1. The van der Waals surface area contributed by atoms with E-state index >= 15 is 0 Å². The van der Waals surface area contributed by atoms with Crippen molar-refractivity contribution in [3.63, 3.8) is 0 Å². The van der Waals surface area contributed by atoms with Crippen molar-refractivity contribution < 1.29 is 13.9 Å². The van der Waals surface area contributed by atoms with Gasteiger partial charge < -0.3 is 9.72 Å². The van der Waals surface area contributed by atoms with E-state index in [4.69, 9.17) is 4.74 Å². The zero-order chi connectivity index (χ0) is 16.8. The molecule has 1 aromatic heterocycles. The fourth-order valence-electron chi connectivity index (χ4n) is 2.68. The predicted octanol–water partition coefficient (Wildman–Crippen LogP) is 4.42. The monoisotopic (exact) mass is 324 g/mol. The summed E-state index contributed by atoms with van der Waals surface area (Å²) in [5.41, 5.74) is 3.14. The van der Waals surface area contributed by atoms with Crippen LogP contribution in [0.1, 0.15) is 17.7 Å². The number of halogens is 1. The van der Waals surface area contributed by atoms with Gasteiger partial charge in [-0.1, -0.05) is 30.3 Å². The molecule has 5 heteroatoms. The van der Waals surface area contributed by atoms with Crippen LogP contribution in [-0.4, -0.2) is 17.7 Å². The van der Waals surface area contributed by atoms with Crippen LogP contribution in [0.15, 0.2) is 53.5 Å². The van der Waals surface area contributed by atoms with Gasteiger partial charge in [-0.3, -0.25) is 0 Å². The summed E-state index contributed by atoms with van der Waals surface area (Å²) in [6.07, 6.45) is 2.97. The van der Waals surface area contributed by atoms with Gasteiger partial charge in [0.25, 0.3) is 0 Å². The standard InChI is InChI=1S/C19H17FN2O2/c20-15-8-9-17-16(11-15)19(21-13-23)18(22-17)7-4-10-24-12-14-5-2-1-3-6-14/h1-3,5-6,8-9,11,22H,4,7,10,12H2. The minimum absolute atomic E-state index is 0.360. The quantitative estimate of drug-likeness (QED) is 0.397. The molecule has 3 rings (SSSR count). The third kappa shape index (κ3) is 3.77.